The minimum absolute atomic E-state index is 0.0725. The van der Waals surface area contributed by atoms with E-state index in [1.165, 1.54) is 18.2 Å². The maximum absolute atomic E-state index is 10.6. The molecule has 0 amide bonds. The number of halogens is 1. The third kappa shape index (κ3) is 3.08. The fourth-order valence-corrected chi connectivity index (χ4v) is 1.90. The predicted molar refractivity (Wildman–Crippen MR) is 62.3 cm³/mol. The first-order valence-corrected chi connectivity index (χ1v) is 5.77. The second-order valence-corrected chi connectivity index (χ2v) is 4.19. The smallest absolute Gasteiger partial charge is 0.288 e. The number of ether oxygens (including phenoxy) is 2. The predicted octanol–water partition coefficient (Wildman–Crippen LogP) is 3.15. The van der Waals surface area contributed by atoms with E-state index in [0.29, 0.717) is 12.4 Å². The van der Waals surface area contributed by atoms with Gasteiger partial charge in [-0.2, -0.15) is 0 Å². The molecule has 1 aliphatic heterocycles. The van der Waals surface area contributed by atoms with Gasteiger partial charge in [0.15, 0.2) is 6.29 Å². The number of nitrogens with zero attached hydrogens (tertiary/aromatic N) is 1. The third-order valence-electron chi connectivity index (χ3n) is 2.52. The summed E-state index contributed by atoms with van der Waals surface area (Å²) in [5, 5.41) is 10.7. The van der Waals surface area contributed by atoms with Gasteiger partial charge in [-0.15, -0.1) is 0 Å². The number of nitro groups is 1. The summed E-state index contributed by atoms with van der Waals surface area (Å²) in [5.74, 6) is 0.493. The Morgan fingerprint density at radius 2 is 2.29 bits per heavy atom. The number of rotatable bonds is 3. The first kappa shape index (κ1) is 12.1. The molecule has 1 aliphatic rings. The summed E-state index contributed by atoms with van der Waals surface area (Å²) < 4.78 is 10.9. The summed E-state index contributed by atoms with van der Waals surface area (Å²) in [6.07, 6.45) is 2.65. The zero-order chi connectivity index (χ0) is 12.3. The molecule has 92 valence electrons. The van der Waals surface area contributed by atoms with Gasteiger partial charge >= 0.3 is 0 Å². The van der Waals surface area contributed by atoms with E-state index in [-0.39, 0.29) is 17.0 Å². The van der Waals surface area contributed by atoms with Crippen molar-refractivity contribution in [2.24, 2.45) is 0 Å². The van der Waals surface area contributed by atoms with Crippen molar-refractivity contribution < 1.29 is 14.4 Å². The molecule has 0 spiro atoms. The average molecular weight is 258 g/mol. The van der Waals surface area contributed by atoms with Crippen LogP contribution in [0.1, 0.15) is 19.3 Å². The van der Waals surface area contributed by atoms with Crippen LogP contribution in [-0.2, 0) is 4.74 Å². The molecular formula is C11H12ClNO4. The normalized spacial score (nSPS) is 19.9. The van der Waals surface area contributed by atoms with E-state index in [4.69, 9.17) is 21.1 Å². The fraction of sp³-hybridized carbons (Fsp3) is 0.455. The average Bonchev–Trinajstić information content (AvgIpc) is 2.30. The Labute approximate surface area is 103 Å². The largest absolute Gasteiger partial charge is 0.465 e. The molecule has 0 aromatic heterocycles. The summed E-state index contributed by atoms with van der Waals surface area (Å²) in [5.41, 5.74) is -0.122. The number of hydrogen-bond acceptors (Lipinski definition) is 4. The molecule has 2 rings (SSSR count). The van der Waals surface area contributed by atoms with Crippen LogP contribution in [0.3, 0.4) is 0 Å². The summed E-state index contributed by atoms with van der Waals surface area (Å²) >= 11 is 5.78. The van der Waals surface area contributed by atoms with Crippen LogP contribution in [0.5, 0.6) is 5.75 Å². The first-order valence-electron chi connectivity index (χ1n) is 5.39. The molecule has 5 nitrogen and oxygen atoms in total. The lowest BCUT2D eigenvalue weighted by Gasteiger charge is -2.23. The molecule has 6 heteroatoms. The number of benzene rings is 1. The van der Waals surface area contributed by atoms with Gasteiger partial charge in [0.2, 0.25) is 0 Å². The lowest BCUT2D eigenvalue weighted by molar-refractivity contribution is -0.384. The highest BCUT2D eigenvalue weighted by atomic mass is 35.5. The SMILES string of the molecule is O=[N+]([O-])c1ccc(OC2CCCCO2)cc1Cl. The van der Waals surface area contributed by atoms with Crippen molar-refractivity contribution in [1.82, 2.24) is 0 Å². The summed E-state index contributed by atoms with van der Waals surface area (Å²) in [6, 6.07) is 4.31. The molecule has 1 heterocycles. The van der Waals surface area contributed by atoms with Crippen LogP contribution < -0.4 is 4.74 Å². The van der Waals surface area contributed by atoms with Crippen LogP contribution in [0.15, 0.2) is 18.2 Å². The highest BCUT2D eigenvalue weighted by Crippen LogP contribution is 2.29. The highest BCUT2D eigenvalue weighted by Gasteiger charge is 2.17. The summed E-state index contributed by atoms with van der Waals surface area (Å²) in [4.78, 5) is 10.1. The van der Waals surface area contributed by atoms with Gasteiger partial charge < -0.3 is 9.47 Å². The fourth-order valence-electron chi connectivity index (χ4n) is 1.66. The molecule has 1 unspecified atom stereocenters. The Morgan fingerprint density at radius 1 is 1.47 bits per heavy atom. The summed E-state index contributed by atoms with van der Waals surface area (Å²) in [7, 11) is 0. The molecule has 1 atom stereocenters. The van der Waals surface area contributed by atoms with Gasteiger partial charge in [0.25, 0.3) is 5.69 Å². The molecule has 1 aromatic rings. The van der Waals surface area contributed by atoms with Crippen LogP contribution in [0.2, 0.25) is 5.02 Å². The van der Waals surface area contributed by atoms with Gasteiger partial charge in [-0.25, -0.2) is 0 Å². The third-order valence-corrected chi connectivity index (χ3v) is 2.82. The van der Waals surface area contributed by atoms with Gasteiger partial charge in [-0.3, -0.25) is 10.1 Å². The Hall–Kier alpha value is -1.33. The Morgan fingerprint density at radius 3 is 2.88 bits per heavy atom. The van der Waals surface area contributed by atoms with E-state index in [9.17, 15) is 10.1 Å². The van der Waals surface area contributed by atoms with Crippen LogP contribution in [0.25, 0.3) is 0 Å². The first-order chi connectivity index (χ1) is 8.16. The molecule has 0 bridgehead atoms. The molecular weight excluding hydrogens is 246 g/mol. The molecule has 17 heavy (non-hydrogen) atoms. The monoisotopic (exact) mass is 257 g/mol. The second-order valence-electron chi connectivity index (χ2n) is 3.78. The minimum Gasteiger partial charge on any atom is -0.465 e. The Kier molecular flexibility index (Phi) is 3.81. The molecule has 0 aliphatic carbocycles. The van der Waals surface area contributed by atoms with Crippen molar-refractivity contribution >= 4 is 17.3 Å². The van der Waals surface area contributed by atoms with Gasteiger partial charge in [0.1, 0.15) is 10.8 Å². The van der Waals surface area contributed by atoms with E-state index in [0.717, 1.165) is 19.3 Å². The van der Waals surface area contributed by atoms with E-state index >= 15 is 0 Å². The summed E-state index contributed by atoms with van der Waals surface area (Å²) in [6.45, 7) is 0.686. The molecule has 0 saturated carbocycles. The van der Waals surface area contributed by atoms with E-state index in [1.54, 1.807) is 0 Å². The molecule has 1 fully saturated rings. The van der Waals surface area contributed by atoms with E-state index in [1.807, 2.05) is 0 Å². The molecule has 0 N–H and O–H groups in total. The highest BCUT2D eigenvalue weighted by molar-refractivity contribution is 6.32. The minimum atomic E-state index is -0.525. The van der Waals surface area contributed by atoms with Crippen molar-refractivity contribution in [3.05, 3.63) is 33.3 Å². The van der Waals surface area contributed by atoms with Crippen molar-refractivity contribution in [2.75, 3.05) is 6.61 Å². The van der Waals surface area contributed by atoms with Crippen LogP contribution in [0.4, 0.5) is 5.69 Å². The lowest BCUT2D eigenvalue weighted by atomic mass is 10.2. The van der Waals surface area contributed by atoms with E-state index in [2.05, 4.69) is 0 Å². The molecule has 0 radical (unpaired) electrons. The standard InChI is InChI=1S/C11H12ClNO4/c12-9-7-8(4-5-10(9)13(14)15)17-11-3-1-2-6-16-11/h4-5,7,11H,1-3,6H2. The van der Waals surface area contributed by atoms with Gasteiger partial charge in [0, 0.05) is 18.6 Å². The zero-order valence-electron chi connectivity index (χ0n) is 9.10. The number of hydrogen-bond donors (Lipinski definition) is 0. The Balaban J connectivity index is 2.06. The topological polar surface area (TPSA) is 61.6 Å². The maximum atomic E-state index is 10.6. The Bertz CT molecular complexity index is 418. The molecule has 1 aromatic carbocycles. The molecule has 1 saturated heterocycles. The van der Waals surface area contributed by atoms with Crippen LogP contribution in [-0.4, -0.2) is 17.8 Å². The second kappa shape index (κ2) is 5.33. The van der Waals surface area contributed by atoms with Crippen LogP contribution in [0, 0.1) is 10.1 Å². The lowest BCUT2D eigenvalue weighted by Crippen LogP contribution is -2.24. The number of nitro benzene ring substituents is 1. The van der Waals surface area contributed by atoms with Crippen LogP contribution >= 0.6 is 11.6 Å². The van der Waals surface area contributed by atoms with Crippen molar-refractivity contribution in [3.63, 3.8) is 0 Å². The van der Waals surface area contributed by atoms with Crippen molar-refractivity contribution in [3.8, 4) is 5.75 Å². The van der Waals surface area contributed by atoms with Gasteiger partial charge in [-0.05, 0) is 18.9 Å². The maximum Gasteiger partial charge on any atom is 0.288 e. The van der Waals surface area contributed by atoms with Gasteiger partial charge in [-0.1, -0.05) is 11.6 Å². The quantitative estimate of drug-likeness (QED) is 0.616. The zero-order valence-corrected chi connectivity index (χ0v) is 9.85. The van der Waals surface area contributed by atoms with Crippen molar-refractivity contribution in [2.45, 2.75) is 25.6 Å². The van der Waals surface area contributed by atoms with Gasteiger partial charge in [0.05, 0.1) is 11.5 Å². The van der Waals surface area contributed by atoms with E-state index < -0.39 is 4.92 Å². The van der Waals surface area contributed by atoms with Crippen molar-refractivity contribution in [1.29, 1.82) is 0 Å².